The molecule has 1 aromatic carbocycles. The van der Waals surface area contributed by atoms with Crippen LogP contribution in [-0.4, -0.2) is 30.4 Å². The summed E-state index contributed by atoms with van der Waals surface area (Å²) in [5.74, 6) is -0.200. The zero-order valence-corrected chi connectivity index (χ0v) is 10.2. The van der Waals surface area contributed by atoms with Gasteiger partial charge in [0.15, 0.2) is 0 Å². The number of rotatable bonds is 4. The molecular formula is C13H17FN2O. The van der Waals surface area contributed by atoms with Gasteiger partial charge >= 0.3 is 0 Å². The molecule has 1 N–H and O–H groups in total. The van der Waals surface area contributed by atoms with E-state index in [1.54, 1.807) is 24.0 Å². The van der Waals surface area contributed by atoms with E-state index in [1.807, 2.05) is 7.05 Å². The first kappa shape index (κ1) is 11.9. The zero-order chi connectivity index (χ0) is 12.4. The molecule has 3 nitrogen and oxygen atoms in total. The molecule has 2 rings (SSSR count). The summed E-state index contributed by atoms with van der Waals surface area (Å²) in [5.41, 5.74) is 1.23. The van der Waals surface area contributed by atoms with Crippen molar-refractivity contribution in [2.45, 2.75) is 25.8 Å². The second-order valence-electron chi connectivity index (χ2n) is 4.50. The number of hydrogen-bond acceptors (Lipinski definition) is 2. The highest BCUT2D eigenvalue weighted by Gasteiger charge is 2.29. The zero-order valence-electron chi connectivity index (χ0n) is 10.2. The molecule has 17 heavy (non-hydrogen) atoms. The molecule has 4 heteroatoms. The summed E-state index contributed by atoms with van der Waals surface area (Å²) < 4.78 is 13.3. The maximum atomic E-state index is 13.3. The minimum atomic E-state index is -0.252. The molecule has 0 aromatic heterocycles. The van der Waals surface area contributed by atoms with Crippen molar-refractivity contribution in [1.82, 2.24) is 4.90 Å². The highest BCUT2D eigenvalue weighted by molar-refractivity contribution is 5.81. The van der Waals surface area contributed by atoms with Gasteiger partial charge in [0, 0.05) is 24.3 Å². The summed E-state index contributed by atoms with van der Waals surface area (Å²) in [6, 6.07) is 5.25. The monoisotopic (exact) mass is 236 g/mol. The molecule has 0 aliphatic heterocycles. The van der Waals surface area contributed by atoms with Crippen LogP contribution < -0.4 is 5.32 Å². The summed E-state index contributed by atoms with van der Waals surface area (Å²) in [6.45, 7) is 1.92. The fourth-order valence-corrected chi connectivity index (χ4v) is 1.76. The van der Waals surface area contributed by atoms with Gasteiger partial charge in [0.25, 0.3) is 0 Å². The number of benzene rings is 1. The number of carbonyl (C=O) groups is 1. The van der Waals surface area contributed by atoms with Gasteiger partial charge in [0.2, 0.25) is 5.91 Å². The number of likely N-dealkylation sites (N-methyl/N-ethyl adjacent to an activating group) is 1. The Labute approximate surface area is 101 Å². The predicted octanol–water partition coefficient (Wildman–Crippen LogP) is 2.17. The van der Waals surface area contributed by atoms with Crippen molar-refractivity contribution in [3.8, 4) is 0 Å². The molecule has 92 valence electrons. The van der Waals surface area contributed by atoms with Crippen LogP contribution in [0.4, 0.5) is 10.1 Å². The van der Waals surface area contributed by atoms with Crippen molar-refractivity contribution < 1.29 is 9.18 Å². The van der Waals surface area contributed by atoms with E-state index < -0.39 is 0 Å². The van der Waals surface area contributed by atoms with E-state index in [-0.39, 0.29) is 18.3 Å². The van der Waals surface area contributed by atoms with Gasteiger partial charge in [-0.15, -0.1) is 0 Å². The van der Waals surface area contributed by atoms with Gasteiger partial charge in [-0.3, -0.25) is 4.79 Å². The Morgan fingerprint density at radius 3 is 2.88 bits per heavy atom. The SMILES string of the molecule is Cc1c(F)cccc1NCC(=O)N(C)C1CC1. The van der Waals surface area contributed by atoms with Crippen LogP contribution in [0.25, 0.3) is 0 Å². The van der Waals surface area contributed by atoms with Crippen LogP contribution in [0.1, 0.15) is 18.4 Å². The molecule has 0 heterocycles. The quantitative estimate of drug-likeness (QED) is 0.869. The number of hydrogen-bond donors (Lipinski definition) is 1. The van der Waals surface area contributed by atoms with Crippen molar-refractivity contribution in [1.29, 1.82) is 0 Å². The summed E-state index contributed by atoms with van der Waals surface area (Å²) in [7, 11) is 1.82. The molecule has 0 radical (unpaired) electrons. The fraction of sp³-hybridized carbons (Fsp3) is 0.462. The molecular weight excluding hydrogens is 219 g/mol. The van der Waals surface area contributed by atoms with Crippen molar-refractivity contribution in [3.05, 3.63) is 29.6 Å². The van der Waals surface area contributed by atoms with Crippen molar-refractivity contribution in [2.24, 2.45) is 0 Å². The lowest BCUT2D eigenvalue weighted by Crippen LogP contribution is -2.33. The third kappa shape index (κ3) is 2.75. The van der Waals surface area contributed by atoms with Gasteiger partial charge in [0.1, 0.15) is 5.82 Å². The van der Waals surface area contributed by atoms with E-state index in [4.69, 9.17) is 0 Å². The molecule has 0 spiro atoms. The van der Waals surface area contributed by atoms with Gasteiger partial charge in [-0.1, -0.05) is 6.07 Å². The summed E-state index contributed by atoms with van der Waals surface area (Å²) in [6.07, 6.45) is 2.20. The fourth-order valence-electron chi connectivity index (χ4n) is 1.76. The Balaban J connectivity index is 1.93. The average Bonchev–Trinajstić information content (AvgIpc) is 3.13. The lowest BCUT2D eigenvalue weighted by atomic mass is 10.2. The summed E-state index contributed by atoms with van der Waals surface area (Å²) in [5, 5.41) is 2.99. The van der Waals surface area contributed by atoms with Crippen LogP contribution in [-0.2, 0) is 4.79 Å². The third-order valence-electron chi connectivity index (χ3n) is 3.19. The van der Waals surface area contributed by atoms with Gasteiger partial charge in [-0.05, 0) is 31.9 Å². The number of carbonyl (C=O) groups excluding carboxylic acids is 1. The van der Waals surface area contributed by atoms with Gasteiger partial charge in [-0.25, -0.2) is 4.39 Å². The summed E-state index contributed by atoms with van der Waals surface area (Å²) in [4.78, 5) is 13.5. The number of amides is 1. The molecule has 0 saturated heterocycles. The largest absolute Gasteiger partial charge is 0.376 e. The first-order chi connectivity index (χ1) is 8.09. The van der Waals surface area contributed by atoms with E-state index in [1.165, 1.54) is 6.07 Å². The molecule has 0 atom stereocenters. The van der Waals surface area contributed by atoms with E-state index in [9.17, 15) is 9.18 Å². The number of anilines is 1. The Hall–Kier alpha value is -1.58. The lowest BCUT2D eigenvalue weighted by Gasteiger charge is -2.17. The number of halogens is 1. The Morgan fingerprint density at radius 1 is 1.53 bits per heavy atom. The van der Waals surface area contributed by atoms with Crippen LogP contribution in [0.5, 0.6) is 0 Å². The standard InChI is InChI=1S/C13H17FN2O/c1-9-11(14)4-3-5-12(9)15-8-13(17)16(2)10-6-7-10/h3-5,10,15H,6-8H2,1-2H3. The number of nitrogens with zero attached hydrogens (tertiary/aromatic N) is 1. The van der Waals surface area contributed by atoms with E-state index in [0.717, 1.165) is 12.8 Å². The van der Waals surface area contributed by atoms with E-state index in [0.29, 0.717) is 17.3 Å². The maximum absolute atomic E-state index is 13.3. The molecule has 1 aromatic rings. The lowest BCUT2D eigenvalue weighted by molar-refractivity contribution is -0.128. The molecule has 0 bridgehead atoms. The van der Waals surface area contributed by atoms with Gasteiger partial charge in [0.05, 0.1) is 6.54 Å². The van der Waals surface area contributed by atoms with Gasteiger partial charge in [-0.2, -0.15) is 0 Å². The van der Waals surface area contributed by atoms with Crippen LogP contribution in [0.15, 0.2) is 18.2 Å². The molecule has 1 amide bonds. The second-order valence-corrected chi connectivity index (χ2v) is 4.50. The van der Waals surface area contributed by atoms with Crippen LogP contribution >= 0.6 is 0 Å². The highest BCUT2D eigenvalue weighted by Crippen LogP contribution is 2.25. The predicted molar refractivity (Wildman–Crippen MR) is 65.4 cm³/mol. The molecule has 0 unspecified atom stereocenters. The molecule has 1 fully saturated rings. The Bertz CT molecular complexity index is 429. The van der Waals surface area contributed by atoms with Crippen LogP contribution in [0.2, 0.25) is 0 Å². The van der Waals surface area contributed by atoms with Crippen LogP contribution in [0.3, 0.4) is 0 Å². The van der Waals surface area contributed by atoms with E-state index in [2.05, 4.69) is 5.32 Å². The highest BCUT2D eigenvalue weighted by atomic mass is 19.1. The van der Waals surface area contributed by atoms with Crippen molar-refractivity contribution in [3.63, 3.8) is 0 Å². The van der Waals surface area contributed by atoms with Crippen molar-refractivity contribution >= 4 is 11.6 Å². The normalized spacial score (nSPS) is 14.5. The molecule has 1 aliphatic carbocycles. The molecule has 1 aliphatic rings. The van der Waals surface area contributed by atoms with Gasteiger partial charge < -0.3 is 10.2 Å². The van der Waals surface area contributed by atoms with Crippen molar-refractivity contribution in [2.75, 3.05) is 18.9 Å². The maximum Gasteiger partial charge on any atom is 0.241 e. The topological polar surface area (TPSA) is 32.3 Å². The molecule has 1 saturated carbocycles. The third-order valence-corrected chi connectivity index (χ3v) is 3.19. The van der Waals surface area contributed by atoms with Crippen LogP contribution in [0, 0.1) is 12.7 Å². The average molecular weight is 236 g/mol. The van der Waals surface area contributed by atoms with E-state index >= 15 is 0 Å². The first-order valence-corrected chi connectivity index (χ1v) is 5.84. The Morgan fingerprint density at radius 2 is 2.24 bits per heavy atom. The number of nitrogens with one attached hydrogen (secondary N) is 1. The second kappa shape index (κ2) is 4.73. The Kier molecular flexibility index (Phi) is 3.31. The minimum absolute atomic E-state index is 0.0520. The summed E-state index contributed by atoms with van der Waals surface area (Å²) >= 11 is 0. The minimum Gasteiger partial charge on any atom is -0.376 e. The first-order valence-electron chi connectivity index (χ1n) is 5.84. The smallest absolute Gasteiger partial charge is 0.241 e.